The molecule has 1 aliphatic heterocycles. The van der Waals surface area contributed by atoms with Gasteiger partial charge in [0.05, 0.1) is 4.91 Å². The fourth-order valence-electron chi connectivity index (χ4n) is 1.25. The van der Waals surface area contributed by atoms with Crippen molar-refractivity contribution in [1.29, 1.82) is 0 Å². The number of amides is 1. The summed E-state index contributed by atoms with van der Waals surface area (Å²) in [5.41, 5.74) is 0. The summed E-state index contributed by atoms with van der Waals surface area (Å²) in [6.07, 6.45) is 1.91. The summed E-state index contributed by atoms with van der Waals surface area (Å²) in [4.78, 5) is 19.2. The summed E-state index contributed by atoms with van der Waals surface area (Å²) in [7, 11) is 3.44. The van der Waals surface area contributed by atoms with Crippen LogP contribution in [0.3, 0.4) is 0 Å². The van der Waals surface area contributed by atoms with Crippen molar-refractivity contribution in [2.45, 2.75) is 0 Å². The highest BCUT2D eigenvalue weighted by molar-refractivity contribution is 8.18. The van der Waals surface area contributed by atoms with E-state index < -0.39 is 0 Å². The van der Waals surface area contributed by atoms with Gasteiger partial charge >= 0.3 is 0 Å². The Kier molecular flexibility index (Phi) is 2.93. The van der Waals surface area contributed by atoms with E-state index in [1.807, 2.05) is 23.6 Å². The fourth-order valence-corrected chi connectivity index (χ4v) is 2.90. The molecule has 2 rings (SSSR count). The van der Waals surface area contributed by atoms with Crippen LogP contribution >= 0.6 is 23.1 Å². The van der Waals surface area contributed by atoms with Crippen LogP contribution in [0, 0.1) is 0 Å². The molecule has 0 spiro atoms. The average molecular weight is 238 g/mol. The van der Waals surface area contributed by atoms with Gasteiger partial charge in [-0.3, -0.25) is 14.7 Å². The molecule has 2 heterocycles. The van der Waals surface area contributed by atoms with Gasteiger partial charge in [-0.15, -0.1) is 11.3 Å². The molecule has 0 unspecified atom stereocenters. The van der Waals surface area contributed by atoms with E-state index in [0.29, 0.717) is 0 Å². The van der Waals surface area contributed by atoms with Gasteiger partial charge in [0.2, 0.25) is 0 Å². The second-order valence-corrected chi connectivity index (χ2v) is 4.98. The molecule has 0 saturated carbocycles. The zero-order chi connectivity index (χ0) is 10.8. The number of carbonyl (C=O) groups excluding carboxylic acids is 1. The van der Waals surface area contributed by atoms with Gasteiger partial charge in [-0.2, -0.15) is 0 Å². The van der Waals surface area contributed by atoms with Crippen LogP contribution in [0.15, 0.2) is 27.4 Å². The first kappa shape index (κ1) is 10.4. The van der Waals surface area contributed by atoms with Crippen LogP contribution in [0.5, 0.6) is 0 Å². The standard InChI is InChI=1S/C10H10N2OS2/c1-11-10-12(2)9(13)8(15-10)6-7-4-3-5-14-7/h3-6H,1-2H3/b8-6-,11-10?. The monoisotopic (exact) mass is 238 g/mol. The largest absolute Gasteiger partial charge is 0.290 e. The summed E-state index contributed by atoms with van der Waals surface area (Å²) in [6.45, 7) is 0. The van der Waals surface area contributed by atoms with Gasteiger partial charge in [0, 0.05) is 19.0 Å². The van der Waals surface area contributed by atoms with E-state index in [1.165, 1.54) is 11.8 Å². The molecule has 0 N–H and O–H groups in total. The van der Waals surface area contributed by atoms with Crippen molar-refractivity contribution in [3.63, 3.8) is 0 Å². The molecule has 15 heavy (non-hydrogen) atoms. The van der Waals surface area contributed by atoms with Gasteiger partial charge in [0.25, 0.3) is 5.91 Å². The van der Waals surface area contributed by atoms with E-state index in [0.717, 1.165) is 14.9 Å². The van der Waals surface area contributed by atoms with E-state index >= 15 is 0 Å². The minimum atomic E-state index is 0.0222. The second-order valence-electron chi connectivity index (χ2n) is 3.00. The van der Waals surface area contributed by atoms with Gasteiger partial charge in [-0.25, -0.2) is 0 Å². The third-order valence-corrected chi connectivity index (χ3v) is 3.98. The highest BCUT2D eigenvalue weighted by Gasteiger charge is 2.29. The molecular formula is C10H10N2OS2. The number of thiophene rings is 1. The predicted octanol–water partition coefficient (Wildman–Crippen LogP) is 2.28. The van der Waals surface area contributed by atoms with Crippen LogP contribution < -0.4 is 0 Å². The Morgan fingerprint density at radius 2 is 2.33 bits per heavy atom. The van der Waals surface area contributed by atoms with Gasteiger partial charge in [-0.05, 0) is 29.3 Å². The van der Waals surface area contributed by atoms with Crippen LogP contribution in [0.2, 0.25) is 0 Å². The Balaban J connectivity index is 2.30. The number of thioether (sulfide) groups is 1. The van der Waals surface area contributed by atoms with E-state index in [-0.39, 0.29) is 5.91 Å². The Morgan fingerprint density at radius 1 is 1.53 bits per heavy atom. The van der Waals surface area contributed by atoms with Crippen molar-refractivity contribution in [2.75, 3.05) is 14.1 Å². The van der Waals surface area contributed by atoms with Crippen molar-refractivity contribution in [3.8, 4) is 0 Å². The minimum Gasteiger partial charge on any atom is -0.290 e. The van der Waals surface area contributed by atoms with Crippen LogP contribution in [-0.2, 0) is 4.79 Å². The fraction of sp³-hybridized carbons (Fsp3) is 0.200. The number of nitrogens with zero attached hydrogens (tertiary/aromatic N) is 2. The molecule has 78 valence electrons. The molecule has 0 bridgehead atoms. The van der Waals surface area contributed by atoms with Crippen LogP contribution in [0.25, 0.3) is 6.08 Å². The normalized spacial score (nSPS) is 22.0. The maximum atomic E-state index is 11.8. The molecule has 0 aliphatic carbocycles. The SMILES string of the molecule is CN=C1S/C(=C\c2cccs2)C(=O)N1C. The molecule has 1 aromatic heterocycles. The lowest BCUT2D eigenvalue weighted by atomic mass is 10.4. The molecule has 1 aromatic rings. The molecule has 3 nitrogen and oxygen atoms in total. The van der Waals surface area contributed by atoms with E-state index in [4.69, 9.17) is 0 Å². The lowest BCUT2D eigenvalue weighted by molar-refractivity contribution is -0.121. The topological polar surface area (TPSA) is 32.7 Å². The molecule has 1 amide bonds. The van der Waals surface area contributed by atoms with Crippen molar-refractivity contribution in [1.82, 2.24) is 4.90 Å². The maximum Gasteiger partial charge on any atom is 0.266 e. The number of aliphatic imine (C=N–C) groups is 1. The predicted molar refractivity (Wildman–Crippen MR) is 66.0 cm³/mol. The Labute approximate surface area is 96.5 Å². The summed E-state index contributed by atoms with van der Waals surface area (Å²) in [6, 6.07) is 3.96. The summed E-state index contributed by atoms with van der Waals surface area (Å²) in [5.74, 6) is 0.0222. The molecule has 0 radical (unpaired) electrons. The summed E-state index contributed by atoms with van der Waals surface area (Å²) >= 11 is 3.04. The minimum absolute atomic E-state index is 0.0222. The third-order valence-electron chi connectivity index (χ3n) is 2.01. The Morgan fingerprint density at radius 3 is 2.87 bits per heavy atom. The molecular weight excluding hydrogens is 228 g/mol. The van der Waals surface area contributed by atoms with Crippen molar-refractivity contribution in [2.24, 2.45) is 4.99 Å². The molecule has 0 aromatic carbocycles. The van der Waals surface area contributed by atoms with E-state index in [1.54, 1.807) is 30.3 Å². The molecule has 1 aliphatic rings. The second kappa shape index (κ2) is 4.20. The Hall–Kier alpha value is -1.07. The lowest BCUT2D eigenvalue weighted by Crippen LogP contribution is -2.23. The van der Waals surface area contributed by atoms with Gasteiger partial charge in [0.15, 0.2) is 5.17 Å². The highest BCUT2D eigenvalue weighted by atomic mass is 32.2. The van der Waals surface area contributed by atoms with E-state index in [2.05, 4.69) is 4.99 Å². The first-order valence-electron chi connectivity index (χ1n) is 4.40. The first-order valence-corrected chi connectivity index (χ1v) is 6.10. The van der Waals surface area contributed by atoms with Gasteiger partial charge in [0.1, 0.15) is 0 Å². The molecule has 1 fully saturated rings. The highest BCUT2D eigenvalue weighted by Crippen LogP contribution is 2.31. The number of rotatable bonds is 1. The first-order chi connectivity index (χ1) is 7.22. The quantitative estimate of drug-likeness (QED) is 0.703. The van der Waals surface area contributed by atoms with Gasteiger partial charge in [-0.1, -0.05) is 6.07 Å². The zero-order valence-electron chi connectivity index (χ0n) is 8.43. The third kappa shape index (κ3) is 1.98. The smallest absolute Gasteiger partial charge is 0.266 e. The number of amidine groups is 1. The lowest BCUT2D eigenvalue weighted by Gasteiger charge is -2.04. The maximum absolute atomic E-state index is 11.8. The van der Waals surface area contributed by atoms with Crippen molar-refractivity contribution in [3.05, 3.63) is 27.3 Å². The van der Waals surface area contributed by atoms with Gasteiger partial charge < -0.3 is 0 Å². The molecule has 0 atom stereocenters. The molecule has 5 heteroatoms. The summed E-state index contributed by atoms with van der Waals surface area (Å²) in [5, 5.41) is 2.75. The number of hydrogen-bond donors (Lipinski definition) is 0. The number of hydrogen-bond acceptors (Lipinski definition) is 4. The number of carbonyl (C=O) groups is 1. The van der Waals surface area contributed by atoms with E-state index in [9.17, 15) is 4.79 Å². The summed E-state index contributed by atoms with van der Waals surface area (Å²) < 4.78 is 0. The van der Waals surface area contributed by atoms with Crippen LogP contribution in [0.4, 0.5) is 0 Å². The zero-order valence-corrected chi connectivity index (χ0v) is 10.1. The van der Waals surface area contributed by atoms with Crippen LogP contribution in [-0.4, -0.2) is 30.1 Å². The Bertz CT molecular complexity index is 434. The average Bonchev–Trinajstić information content (AvgIpc) is 2.82. The van der Waals surface area contributed by atoms with Crippen molar-refractivity contribution >= 4 is 40.2 Å². The van der Waals surface area contributed by atoms with Crippen LogP contribution in [0.1, 0.15) is 4.88 Å². The molecule has 1 saturated heterocycles. The van der Waals surface area contributed by atoms with Crippen molar-refractivity contribution < 1.29 is 4.79 Å². The number of likely N-dealkylation sites (N-methyl/N-ethyl adjacent to an activating group) is 1.